The SMILES string of the molecule is O=C(C1CC(F)(F)CN1)N1CCC(OCc2ccccc2)CC1. The largest absolute Gasteiger partial charge is 0.373 e. The first-order valence-electron chi connectivity index (χ1n) is 8.09. The summed E-state index contributed by atoms with van der Waals surface area (Å²) in [6.07, 6.45) is 1.23. The molecule has 1 aromatic carbocycles. The number of rotatable bonds is 4. The number of carbonyl (C=O) groups is 1. The molecule has 2 aliphatic rings. The Morgan fingerprint density at radius 2 is 1.96 bits per heavy atom. The van der Waals surface area contributed by atoms with Crippen LogP contribution >= 0.6 is 0 Å². The van der Waals surface area contributed by atoms with Crippen LogP contribution in [0.3, 0.4) is 0 Å². The molecule has 126 valence electrons. The lowest BCUT2D eigenvalue weighted by molar-refractivity contribution is -0.136. The highest BCUT2D eigenvalue weighted by molar-refractivity contribution is 5.82. The first-order chi connectivity index (χ1) is 11.0. The fourth-order valence-corrected chi connectivity index (χ4v) is 3.14. The Labute approximate surface area is 134 Å². The highest BCUT2D eigenvalue weighted by atomic mass is 19.3. The minimum Gasteiger partial charge on any atom is -0.373 e. The molecule has 2 fully saturated rings. The van der Waals surface area contributed by atoms with Gasteiger partial charge in [-0.05, 0) is 18.4 Å². The highest BCUT2D eigenvalue weighted by Crippen LogP contribution is 2.27. The molecule has 2 heterocycles. The molecule has 0 aliphatic carbocycles. The summed E-state index contributed by atoms with van der Waals surface area (Å²) in [5, 5.41) is 2.63. The number of benzene rings is 1. The molecule has 0 radical (unpaired) electrons. The van der Waals surface area contributed by atoms with Crippen molar-refractivity contribution in [2.24, 2.45) is 0 Å². The normalized spacial score (nSPS) is 24.8. The number of ether oxygens (including phenoxy) is 1. The molecule has 2 aliphatic heterocycles. The lowest BCUT2D eigenvalue weighted by Gasteiger charge is -2.33. The first kappa shape index (κ1) is 16.3. The van der Waals surface area contributed by atoms with E-state index in [2.05, 4.69) is 5.32 Å². The maximum absolute atomic E-state index is 13.2. The molecule has 1 aromatic rings. The zero-order valence-electron chi connectivity index (χ0n) is 13.0. The molecule has 1 unspecified atom stereocenters. The number of likely N-dealkylation sites (tertiary alicyclic amines) is 1. The summed E-state index contributed by atoms with van der Waals surface area (Å²) in [4.78, 5) is 13.9. The lowest BCUT2D eigenvalue weighted by Crippen LogP contribution is -2.48. The van der Waals surface area contributed by atoms with E-state index < -0.39 is 24.9 Å². The summed E-state index contributed by atoms with van der Waals surface area (Å²) in [6.45, 7) is 1.31. The van der Waals surface area contributed by atoms with Crippen molar-refractivity contribution in [1.29, 1.82) is 0 Å². The minimum atomic E-state index is -2.77. The summed E-state index contributed by atoms with van der Waals surface area (Å²) in [5.41, 5.74) is 1.13. The highest BCUT2D eigenvalue weighted by Gasteiger charge is 2.43. The van der Waals surface area contributed by atoms with Crippen LogP contribution in [-0.2, 0) is 16.1 Å². The average Bonchev–Trinajstić information content (AvgIpc) is 2.94. The molecule has 2 saturated heterocycles. The van der Waals surface area contributed by atoms with Crippen molar-refractivity contribution in [3.8, 4) is 0 Å². The third kappa shape index (κ3) is 4.26. The van der Waals surface area contributed by atoms with Gasteiger partial charge >= 0.3 is 0 Å². The number of nitrogens with one attached hydrogen (secondary N) is 1. The van der Waals surface area contributed by atoms with Gasteiger partial charge in [0.15, 0.2) is 0 Å². The van der Waals surface area contributed by atoms with Crippen LogP contribution in [0.1, 0.15) is 24.8 Å². The Balaban J connectivity index is 1.42. The number of nitrogens with zero attached hydrogens (tertiary/aromatic N) is 1. The molecule has 0 spiro atoms. The predicted octanol–water partition coefficient (Wildman–Crippen LogP) is 2.19. The molecule has 0 bridgehead atoms. The van der Waals surface area contributed by atoms with Crippen molar-refractivity contribution in [2.75, 3.05) is 19.6 Å². The summed E-state index contributed by atoms with van der Waals surface area (Å²) in [7, 11) is 0. The van der Waals surface area contributed by atoms with E-state index in [0.717, 1.165) is 18.4 Å². The zero-order valence-corrected chi connectivity index (χ0v) is 13.0. The van der Waals surface area contributed by atoms with Crippen LogP contribution in [0.5, 0.6) is 0 Å². The lowest BCUT2D eigenvalue weighted by atomic mass is 10.1. The van der Waals surface area contributed by atoms with Gasteiger partial charge in [-0.15, -0.1) is 0 Å². The Morgan fingerprint density at radius 3 is 2.57 bits per heavy atom. The topological polar surface area (TPSA) is 41.6 Å². The van der Waals surface area contributed by atoms with Crippen molar-refractivity contribution in [2.45, 2.75) is 43.9 Å². The maximum Gasteiger partial charge on any atom is 0.262 e. The van der Waals surface area contributed by atoms with Crippen LogP contribution in [0.4, 0.5) is 8.78 Å². The molecule has 1 amide bonds. The summed E-state index contributed by atoms with van der Waals surface area (Å²) >= 11 is 0. The number of hydrogen-bond acceptors (Lipinski definition) is 3. The summed E-state index contributed by atoms with van der Waals surface area (Å²) in [6, 6.07) is 9.21. The number of hydrogen-bond donors (Lipinski definition) is 1. The van der Waals surface area contributed by atoms with Crippen LogP contribution in [0, 0.1) is 0 Å². The monoisotopic (exact) mass is 324 g/mol. The van der Waals surface area contributed by atoms with Crippen LogP contribution in [-0.4, -0.2) is 48.5 Å². The fraction of sp³-hybridized carbons (Fsp3) is 0.588. The van der Waals surface area contributed by atoms with E-state index in [-0.39, 0.29) is 12.0 Å². The van der Waals surface area contributed by atoms with Gasteiger partial charge in [-0.2, -0.15) is 0 Å². The molecule has 6 heteroatoms. The van der Waals surface area contributed by atoms with E-state index in [9.17, 15) is 13.6 Å². The Morgan fingerprint density at radius 1 is 1.26 bits per heavy atom. The second-order valence-corrected chi connectivity index (χ2v) is 6.31. The number of piperidine rings is 1. The van der Waals surface area contributed by atoms with Gasteiger partial charge in [0.25, 0.3) is 5.92 Å². The summed E-state index contributed by atoms with van der Waals surface area (Å²) < 4.78 is 32.3. The third-order valence-corrected chi connectivity index (χ3v) is 4.49. The van der Waals surface area contributed by atoms with Gasteiger partial charge in [0.2, 0.25) is 5.91 Å². The van der Waals surface area contributed by atoms with Crippen LogP contribution < -0.4 is 5.32 Å². The van der Waals surface area contributed by atoms with Gasteiger partial charge in [-0.1, -0.05) is 30.3 Å². The summed E-state index contributed by atoms with van der Waals surface area (Å²) in [5.74, 6) is -2.97. The van der Waals surface area contributed by atoms with Gasteiger partial charge in [-0.3, -0.25) is 10.1 Å². The van der Waals surface area contributed by atoms with Crippen molar-refractivity contribution in [1.82, 2.24) is 10.2 Å². The zero-order chi connectivity index (χ0) is 16.3. The van der Waals surface area contributed by atoms with Crippen LogP contribution in [0.15, 0.2) is 30.3 Å². The van der Waals surface area contributed by atoms with Gasteiger partial charge in [0, 0.05) is 19.5 Å². The van der Waals surface area contributed by atoms with Gasteiger partial charge in [0.1, 0.15) is 0 Å². The molecular formula is C17H22F2N2O2. The van der Waals surface area contributed by atoms with Gasteiger partial charge in [-0.25, -0.2) is 8.78 Å². The molecular weight excluding hydrogens is 302 g/mol. The van der Waals surface area contributed by atoms with Gasteiger partial charge < -0.3 is 9.64 Å². The standard InChI is InChI=1S/C17H22F2N2O2/c18-17(19)10-15(20-12-17)16(22)21-8-6-14(7-9-21)23-11-13-4-2-1-3-5-13/h1-5,14-15,20H,6-12H2. The molecule has 1 N–H and O–H groups in total. The van der Waals surface area contributed by atoms with Crippen molar-refractivity contribution >= 4 is 5.91 Å². The number of carbonyl (C=O) groups excluding carboxylic acids is 1. The van der Waals surface area contributed by atoms with E-state index >= 15 is 0 Å². The molecule has 1 atom stereocenters. The van der Waals surface area contributed by atoms with E-state index in [4.69, 9.17) is 4.74 Å². The molecule has 3 rings (SSSR count). The Bertz CT molecular complexity index is 531. The Hall–Kier alpha value is -1.53. The smallest absolute Gasteiger partial charge is 0.262 e. The van der Waals surface area contributed by atoms with Crippen LogP contribution in [0.2, 0.25) is 0 Å². The van der Waals surface area contributed by atoms with E-state index in [1.54, 1.807) is 4.90 Å². The molecule has 4 nitrogen and oxygen atoms in total. The van der Waals surface area contributed by atoms with E-state index in [1.165, 1.54) is 0 Å². The third-order valence-electron chi connectivity index (χ3n) is 4.49. The second-order valence-electron chi connectivity index (χ2n) is 6.31. The molecule has 0 saturated carbocycles. The minimum absolute atomic E-state index is 0.122. The maximum atomic E-state index is 13.2. The van der Waals surface area contributed by atoms with Crippen LogP contribution in [0.25, 0.3) is 0 Å². The van der Waals surface area contributed by atoms with Crippen molar-refractivity contribution in [3.63, 3.8) is 0 Å². The Kier molecular flexibility index (Phi) is 4.92. The number of amides is 1. The number of alkyl halides is 2. The number of halogens is 2. The quantitative estimate of drug-likeness (QED) is 0.923. The molecule has 23 heavy (non-hydrogen) atoms. The van der Waals surface area contributed by atoms with E-state index in [0.29, 0.717) is 19.7 Å². The average molecular weight is 324 g/mol. The van der Waals surface area contributed by atoms with Crippen molar-refractivity contribution in [3.05, 3.63) is 35.9 Å². The van der Waals surface area contributed by atoms with Gasteiger partial charge in [0.05, 0.1) is 25.3 Å². The fourth-order valence-electron chi connectivity index (χ4n) is 3.14. The predicted molar refractivity (Wildman–Crippen MR) is 82.2 cm³/mol. The van der Waals surface area contributed by atoms with Crippen molar-refractivity contribution < 1.29 is 18.3 Å². The van der Waals surface area contributed by atoms with E-state index in [1.807, 2.05) is 30.3 Å². The first-order valence-corrected chi connectivity index (χ1v) is 8.09. The molecule has 0 aromatic heterocycles. The second kappa shape index (κ2) is 6.93.